The van der Waals surface area contributed by atoms with Crippen LogP contribution in [0.4, 0.5) is 13.2 Å². The number of nitrogens with zero attached hydrogens (tertiary/aromatic N) is 1. The number of carbonyl (C=O) groups is 1. The van der Waals surface area contributed by atoms with Crippen LogP contribution in [0.25, 0.3) is 21.3 Å². The van der Waals surface area contributed by atoms with Gasteiger partial charge in [0.15, 0.2) is 4.34 Å². The van der Waals surface area contributed by atoms with Crippen LogP contribution in [0.5, 0.6) is 0 Å². The number of nitrogens with two attached hydrogens (primary N) is 1. The molecule has 3 nitrogen and oxygen atoms in total. The first kappa shape index (κ1) is 26.4. The van der Waals surface area contributed by atoms with Crippen LogP contribution in [-0.2, 0) is 10.2 Å². The fourth-order valence-electron chi connectivity index (χ4n) is 4.57. The molecule has 5 rings (SSSR count). The Balaban J connectivity index is 0.000000455. The molecule has 0 saturated carbocycles. The summed E-state index contributed by atoms with van der Waals surface area (Å²) in [6, 6.07) is 25.1. The van der Waals surface area contributed by atoms with Crippen molar-refractivity contribution in [1.82, 2.24) is 4.98 Å². The second-order valence-corrected chi connectivity index (χ2v) is 11.0. The van der Waals surface area contributed by atoms with E-state index in [4.69, 9.17) is 4.98 Å². The van der Waals surface area contributed by atoms with E-state index in [1.807, 2.05) is 17.8 Å². The zero-order valence-electron chi connectivity index (χ0n) is 19.6. The van der Waals surface area contributed by atoms with E-state index in [2.05, 4.69) is 72.5 Å². The van der Waals surface area contributed by atoms with Crippen molar-refractivity contribution in [3.63, 3.8) is 0 Å². The molecule has 0 fully saturated rings. The molecule has 0 bridgehead atoms. The number of aromatic nitrogens is 1. The Morgan fingerprint density at radius 2 is 1.47 bits per heavy atom. The molecular weight excluding hydrogens is 501 g/mol. The van der Waals surface area contributed by atoms with Crippen molar-refractivity contribution in [3.05, 3.63) is 83.9 Å². The average molecular weight is 529 g/mol. The Kier molecular flexibility index (Phi) is 8.49. The van der Waals surface area contributed by atoms with Gasteiger partial charge >= 0.3 is 6.18 Å². The minimum atomic E-state index is -4.18. The van der Waals surface area contributed by atoms with Crippen LogP contribution in [0.15, 0.2) is 77.1 Å². The molecule has 1 aliphatic carbocycles. The maximum Gasteiger partial charge on any atom is 0.400 e. The molecule has 4 aromatic rings. The minimum Gasteiger partial charge on any atom is -0.323 e. The molecule has 0 aliphatic heterocycles. The van der Waals surface area contributed by atoms with Crippen molar-refractivity contribution >= 4 is 39.6 Å². The van der Waals surface area contributed by atoms with Crippen LogP contribution in [0.1, 0.15) is 36.8 Å². The molecule has 36 heavy (non-hydrogen) atoms. The summed E-state index contributed by atoms with van der Waals surface area (Å²) in [6.07, 6.45) is 1.18. The lowest BCUT2D eigenvalue weighted by atomic mass is 9.75. The van der Waals surface area contributed by atoms with E-state index in [1.54, 1.807) is 11.3 Å². The first-order valence-electron chi connectivity index (χ1n) is 11.8. The summed E-state index contributed by atoms with van der Waals surface area (Å²) >= 11 is 3.62. The van der Waals surface area contributed by atoms with Gasteiger partial charge in [-0.2, -0.15) is 13.2 Å². The van der Waals surface area contributed by atoms with Gasteiger partial charge in [-0.3, -0.25) is 0 Å². The summed E-state index contributed by atoms with van der Waals surface area (Å²) in [5, 5.41) is 0. The molecule has 8 heteroatoms. The van der Waals surface area contributed by atoms with E-state index in [0.29, 0.717) is 0 Å². The third-order valence-electron chi connectivity index (χ3n) is 6.25. The largest absolute Gasteiger partial charge is 0.400 e. The molecule has 0 radical (unpaired) electrons. The van der Waals surface area contributed by atoms with Crippen molar-refractivity contribution in [2.45, 2.75) is 41.6 Å². The number of rotatable bonds is 8. The van der Waals surface area contributed by atoms with Crippen molar-refractivity contribution in [2.24, 2.45) is 5.73 Å². The van der Waals surface area contributed by atoms with E-state index in [9.17, 15) is 18.0 Å². The van der Waals surface area contributed by atoms with E-state index < -0.39 is 18.1 Å². The highest BCUT2D eigenvalue weighted by molar-refractivity contribution is 8.01. The molecule has 1 aliphatic rings. The molecule has 188 valence electrons. The number of hydrogen-bond acceptors (Lipinski definition) is 5. The molecule has 0 saturated heterocycles. The number of thioether (sulfide) groups is 1. The smallest absolute Gasteiger partial charge is 0.323 e. The minimum absolute atomic E-state index is 0.493. The Bertz CT molecular complexity index is 1240. The summed E-state index contributed by atoms with van der Waals surface area (Å²) in [4.78, 5) is 17.1. The molecular formula is C28H27F3N2OS2. The number of alkyl halides is 3. The number of halogens is 3. The predicted molar refractivity (Wildman–Crippen MR) is 143 cm³/mol. The number of hydrogen-bond donors (Lipinski definition) is 1. The van der Waals surface area contributed by atoms with Crippen LogP contribution in [0.2, 0.25) is 0 Å². The summed E-state index contributed by atoms with van der Waals surface area (Å²) < 4.78 is 34.4. The molecule has 0 amide bonds. The van der Waals surface area contributed by atoms with Crippen molar-refractivity contribution in [2.75, 3.05) is 12.3 Å². The van der Waals surface area contributed by atoms with E-state index in [0.717, 1.165) is 41.3 Å². The quantitative estimate of drug-likeness (QED) is 0.145. The monoisotopic (exact) mass is 528 g/mol. The Morgan fingerprint density at radius 3 is 2.06 bits per heavy atom. The third-order valence-corrected chi connectivity index (χ3v) is 8.52. The molecule has 0 unspecified atom stereocenters. The normalized spacial score (nSPS) is 13.6. The van der Waals surface area contributed by atoms with Crippen molar-refractivity contribution in [1.29, 1.82) is 0 Å². The van der Waals surface area contributed by atoms with Gasteiger partial charge in [-0.05, 0) is 47.2 Å². The molecule has 3 aromatic carbocycles. The van der Waals surface area contributed by atoms with Gasteiger partial charge in [-0.25, -0.2) is 4.98 Å². The lowest BCUT2D eigenvalue weighted by molar-refractivity contribution is -0.118. The predicted octanol–water partition coefficient (Wildman–Crippen LogP) is 7.62. The number of fused-ring (bicyclic) bond motifs is 4. The van der Waals surface area contributed by atoms with Crippen LogP contribution in [-0.4, -0.2) is 29.7 Å². The summed E-state index contributed by atoms with van der Waals surface area (Å²) in [5.74, 6) is 1.07. The molecule has 1 aromatic heterocycles. The third kappa shape index (κ3) is 5.82. The number of carbonyl (C=O) groups excluding carboxylic acids is 1. The van der Waals surface area contributed by atoms with E-state index >= 15 is 0 Å². The van der Waals surface area contributed by atoms with Gasteiger partial charge < -0.3 is 10.5 Å². The summed E-state index contributed by atoms with van der Waals surface area (Å²) in [6.45, 7) is -1.23. The highest BCUT2D eigenvalue weighted by Crippen LogP contribution is 2.50. The van der Waals surface area contributed by atoms with Crippen LogP contribution >= 0.6 is 23.1 Å². The fourth-order valence-corrected chi connectivity index (χ4v) is 6.71. The van der Waals surface area contributed by atoms with E-state index in [-0.39, 0.29) is 0 Å². The fraction of sp³-hybridized carbons (Fsp3) is 0.286. The lowest BCUT2D eigenvalue weighted by Crippen LogP contribution is -2.27. The number of aldehydes is 1. The van der Waals surface area contributed by atoms with Gasteiger partial charge in [0, 0.05) is 5.75 Å². The van der Waals surface area contributed by atoms with E-state index in [1.165, 1.54) is 33.2 Å². The standard InChI is InChI=1S/C26H23NOS2.C2H4F3N/c28-18-26(21-12-4-2-10-19(21)20-11-3-5-13-22(20)26)16-8-1-9-17-29-25-27-23-14-6-7-15-24(23)30-25;3-2(4,5)1-6/h2-7,10-15,18H,1,8-9,16-17H2;1,6H2. The van der Waals surface area contributed by atoms with Gasteiger partial charge in [0.25, 0.3) is 0 Å². The highest BCUT2D eigenvalue weighted by atomic mass is 32.2. The highest BCUT2D eigenvalue weighted by Gasteiger charge is 2.42. The van der Waals surface area contributed by atoms with Gasteiger partial charge in [-0.1, -0.05) is 85.3 Å². The van der Waals surface area contributed by atoms with Crippen LogP contribution < -0.4 is 5.73 Å². The SMILES string of the molecule is NCC(F)(F)F.O=CC1(CCCCCSc2nc3ccccc3s2)c2ccccc2-c2ccccc21. The van der Waals surface area contributed by atoms with Crippen molar-refractivity contribution in [3.8, 4) is 11.1 Å². The Hall–Kier alpha value is -2.68. The maximum atomic E-state index is 12.4. The zero-order chi connectivity index (χ0) is 25.6. The average Bonchev–Trinajstić information content (AvgIpc) is 3.43. The topological polar surface area (TPSA) is 56.0 Å². The summed E-state index contributed by atoms with van der Waals surface area (Å²) in [5.41, 5.74) is 9.55. The number of benzene rings is 3. The maximum absolute atomic E-state index is 12.4. The second kappa shape index (κ2) is 11.6. The van der Waals surface area contributed by atoms with Gasteiger partial charge in [0.05, 0.1) is 22.2 Å². The lowest BCUT2D eigenvalue weighted by Gasteiger charge is -2.25. The van der Waals surface area contributed by atoms with Gasteiger partial charge in [-0.15, -0.1) is 11.3 Å². The first-order chi connectivity index (χ1) is 17.4. The van der Waals surface area contributed by atoms with Crippen LogP contribution in [0, 0.1) is 0 Å². The van der Waals surface area contributed by atoms with Crippen molar-refractivity contribution < 1.29 is 18.0 Å². The Labute approximate surface area is 216 Å². The Morgan fingerprint density at radius 1 is 0.889 bits per heavy atom. The number of thiazole rings is 1. The molecule has 2 N–H and O–H groups in total. The zero-order valence-corrected chi connectivity index (χ0v) is 21.3. The molecule has 0 spiro atoms. The molecule has 1 heterocycles. The van der Waals surface area contributed by atoms with Crippen LogP contribution in [0.3, 0.4) is 0 Å². The second-order valence-electron chi connectivity index (χ2n) is 8.61. The van der Waals surface area contributed by atoms with Gasteiger partial charge in [0.1, 0.15) is 6.29 Å². The summed E-state index contributed by atoms with van der Waals surface area (Å²) in [7, 11) is 0. The molecule has 0 atom stereocenters. The first-order valence-corrected chi connectivity index (χ1v) is 13.6. The number of para-hydroxylation sites is 1. The van der Waals surface area contributed by atoms with Gasteiger partial charge in [0.2, 0.25) is 0 Å². The number of unbranched alkanes of at least 4 members (excludes halogenated alkanes) is 2.